The first-order valence-electron chi connectivity index (χ1n) is 9.60. The lowest BCUT2D eigenvalue weighted by molar-refractivity contribution is -0.121. The van der Waals surface area contributed by atoms with Gasteiger partial charge < -0.3 is 15.5 Å². The lowest BCUT2D eigenvalue weighted by atomic mass is 9.95. The van der Waals surface area contributed by atoms with Crippen molar-refractivity contribution in [2.75, 3.05) is 23.7 Å². The van der Waals surface area contributed by atoms with Crippen LogP contribution in [0.1, 0.15) is 12.8 Å². The van der Waals surface area contributed by atoms with E-state index in [-0.39, 0.29) is 17.9 Å². The first-order chi connectivity index (χ1) is 13.7. The van der Waals surface area contributed by atoms with Crippen LogP contribution in [0.15, 0.2) is 72.8 Å². The zero-order chi connectivity index (χ0) is 19.3. The van der Waals surface area contributed by atoms with Gasteiger partial charge in [-0.1, -0.05) is 54.6 Å². The van der Waals surface area contributed by atoms with Gasteiger partial charge >= 0.3 is 6.03 Å². The number of likely N-dealkylation sites (tertiary alicyclic amines) is 1. The Morgan fingerprint density at radius 3 is 2.25 bits per heavy atom. The number of amides is 3. The van der Waals surface area contributed by atoms with Gasteiger partial charge in [0.25, 0.3) is 0 Å². The Hall–Kier alpha value is -3.34. The Bertz CT molecular complexity index is 974. The Morgan fingerprint density at radius 1 is 0.786 bits per heavy atom. The highest BCUT2D eigenvalue weighted by atomic mass is 16.2. The number of urea groups is 1. The van der Waals surface area contributed by atoms with Crippen LogP contribution in [-0.4, -0.2) is 29.9 Å². The molecule has 5 heteroatoms. The van der Waals surface area contributed by atoms with E-state index in [2.05, 4.69) is 10.6 Å². The fraction of sp³-hybridized carbons (Fsp3) is 0.217. The number of nitrogens with one attached hydrogen (secondary N) is 2. The molecule has 0 aromatic heterocycles. The molecule has 0 radical (unpaired) electrons. The summed E-state index contributed by atoms with van der Waals surface area (Å²) >= 11 is 0. The van der Waals surface area contributed by atoms with E-state index in [1.54, 1.807) is 4.90 Å². The van der Waals surface area contributed by atoms with Crippen LogP contribution in [-0.2, 0) is 4.79 Å². The highest BCUT2D eigenvalue weighted by Gasteiger charge is 2.27. The third kappa shape index (κ3) is 3.98. The van der Waals surface area contributed by atoms with E-state index in [4.69, 9.17) is 0 Å². The van der Waals surface area contributed by atoms with Gasteiger partial charge in [0, 0.05) is 35.8 Å². The lowest BCUT2D eigenvalue weighted by Gasteiger charge is -2.31. The molecule has 142 valence electrons. The normalized spacial score (nSPS) is 14.6. The molecule has 1 saturated heterocycles. The number of hydrogen-bond acceptors (Lipinski definition) is 2. The molecule has 3 amide bonds. The maximum atomic E-state index is 12.7. The second-order valence-corrected chi connectivity index (χ2v) is 7.07. The minimum Gasteiger partial charge on any atom is -0.325 e. The summed E-state index contributed by atoms with van der Waals surface area (Å²) < 4.78 is 0. The van der Waals surface area contributed by atoms with Gasteiger partial charge in [-0.2, -0.15) is 0 Å². The molecule has 1 heterocycles. The van der Waals surface area contributed by atoms with Crippen LogP contribution in [0, 0.1) is 5.92 Å². The van der Waals surface area contributed by atoms with E-state index < -0.39 is 0 Å². The summed E-state index contributed by atoms with van der Waals surface area (Å²) in [5, 5.41) is 8.13. The first-order valence-corrected chi connectivity index (χ1v) is 9.60. The van der Waals surface area contributed by atoms with Crippen molar-refractivity contribution in [2.24, 2.45) is 5.92 Å². The van der Waals surface area contributed by atoms with E-state index >= 15 is 0 Å². The van der Waals surface area contributed by atoms with Crippen molar-refractivity contribution in [2.45, 2.75) is 12.8 Å². The highest BCUT2D eigenvalue weighted by molar-refractivity contribution is 6.02. The van der Waals surface area contributed by atoms with Gasteiger partial charge in [-0.25, -0.2) is 4.79 Å². The van der Waals surface area contributed by atoms with Crippen molar-refractivity contribution in [3.8, 4) is 0 Å². The van der Waals surface area contributed by atoms with Gasteiger partial charge in [-0.3, -0.25) is 4.79 Å². The van der Waals surface area contributed by atoms with Gasteiger partial charge in [0.15, 0.2) is 0 Å². The van der Waals surface area contributed by atoms with Gasteiger partial charge in [0.2, 0.25) is 5.91 Å². The minimum absolute atomic E-state index is 0.0273. The Labute approximate surface area is 164 Å². The quantitative estimate of drug-likeness (QED) is 0.698. The smallest absolute Gasteiger partial charge is 0.321 e. The molecule has 0 bridgehead atoms. The molecular formula is C23H23N3O2. The third-order valence-electron chi connectivity index (χ3n) is 5.23. The Balaban J connectivity index is 1.34. The molecule has 4 rings (SSSR count). The second kappa shape index (κ2) is 8.13. The predicted octanol–water partition coefficient (Wildman–Crippen LogP) is 4.72. The van der Waals surface area contributed by atoms with E-state index in [1.807, 2.05) is 72.8 Å². The van der Waals surface area contributed by atoms with Crippen LogP contribution < -0.4 is 10.6 Å². The Kier molecular flexibility index (Phi) is 5.24. The molecule has 2 N–H and O–H groups in total. The van der Waals surface area contributed by atoms with Crippen LogP contribution in [0.4, 0.5) is 16.2 Å². The van der Waals surface area contributed by atoms with Crippen LogP contribution in [0.2, 0.25) is 0 Å². The first kappa shape index (κ1) is 18.0. The molecule has 1 aliphatic rings. The lowest BCUT2D eigenvalue weighted by Crippen LogP contribution is -2.43. The summed E-state index contributed by atoms with van der Waals surface area (Å²) in [6, 6.07) is 23.2. The molecule has 0 saturated carbocycles. The SMILES string of the molecule is O=C(Nc1cccc2ccccc12)C1CCN(C(=O)Nc2ccccc2)CC1. The summed E-state index contributed by atoms with van der Waals surface area (Å²) in [5.41, 5.74) is 1.62. The number of fused-ring (bicyclic) bond motifs is 1. The van der Waals surface area contributed by atoms with Gasteiger partial charge in [0.05, 0.1) is 0 Å². The molecule has 3 aromatic rings. The number of carbonyl (C=O) groups is 2. The minimum atomic E-state index is -0.112. The molecule has 1 fully saturated rings. The third-order valence-corrected chi connectivity index (χ3v) is 5.23. The number of benzene rings is 3. The van der Waals surface area contributed by atoms with Gasteiger partial charge in [-0.05, 0) is 36.4 Å². The standard InChI is InChI=1S/C23H23N3O2/c27-22(25-21-12-6-8-17-7-4-5-11-20(17)21)18-13-15-26(16-14-18)23(28)24-19-9-2-1-3-10-19/h1-12,18H,13-16H2,(H,24,28)(H,25,27). The predicted molar refractivity (Wildman–Crippen MR) is 112 cm³/mol. The topological polar surface area (TPSA) is 61.4 Å². The Morgan fingerprint density at radius 2 is 1.46 bits per heavy atom. The van der Waals surface area contributed by atoms with Crippen LogP contribution in [0.25, 0.3) is 10.8 Å². The molecule has 28 heavy (non-hydrogen) atoms. The molecule has 1 aliphatic heterocycles. The van der Waals surface area contributed by atoms with E-state index in [0.29, 0.717) is 25.9 Å². The van der Waals surface area contributed by atoms with Crippen molar-refractivity contribution in [1.82, 2.24) is 4.90 Å². The average molecular weight is 373 g/mol. The number of nitrogens with zero attached hydrogens (tertiary/aromatic N) is 1. The van der Waals surface area contributed by atoms with Gasteiger partial charge in [0.1, 0.15) is 0 Å². The van der Waals surface area contributed by atoms with E-state index in [9.17, 15) is 9.59 Å². The number of rotatable bonds is 3. The highest BCUT2D eigenvalue weighted by Crippen LogP contribution is 2.25. The maximum Gasteiger partial charge on any atom is 0.321 e. The van der Waals surface area contributed by atoms with Crippen LogP contribution in [0.3, 0.4) is 0 Å². The molecule has 0 unspecified atom stereocenters. The number of hydrogen-bond donors (Lipinski definition) is 2. The number of anilines is 2. The molecule has 3 aromatic carbocycles. The van der Waals surface area contributed by atoms with Crippen molar-refractivity contribution in [3.63, 3.8) is 0 Å². The van der Waals surface area contributed by atoms with Gasteiger partial charge in [-0.15, -0.1) is 0 Å². The monoisotopic (exact) mass is 373 g/mol. The second-order valence-electron chi connectivity index (χ2n) is 7.07. The average Bonchev–Trinajstić information content (AvgIpc) is 2.75. The number of para-hydroxylation sites is 1. The van der Waals surface area contributed by atoms with Crippen molar-refractivity contribution in [3.05, 3.63) is 72.8 Å². The molecule has 0 atom stereocenters. The number of piperidine rings is 1. The summed E-state index contributed by atoms with van der Waals surface area (Å²) in [6.07, 6.45) is 1.33. The zero-order valence-electron chi connectivity index (χ0n) is 15.6. The van der Waals surface area contributed by atoms with Crippen molar-refractivity contribution < 1.29 is 9.59 Å². The van der Waals surface area contributed by atoms with Crippen molar-refractivity contribution in [1.29, 1.82) is 0 Å². The summed E-state index contributed by atoms with van der Waals surface area (Å²) in [7, 11) is 0. The molecule has 0 spiro atoms. The summed E-state index contributed by atoms with van der Waals surface area (Å²) in [6.45, 7) is 1.15. The van der Waals surface area contributed by atoms with Crippen LogP contribution >= 0.6 is 0 Å². The fourth-order valence-corrected chi connectivity index (χ4v) is 3.64. The molecular weight excluding hydrogens is 350 g/mol. The molecule has 5 nitrogen and oxygen atoms in total. The van der Waals surface area contributed by atoms with Crippen LogP contribution in [0.5, 0.6) is 0 Å². The zero-order valence-corrected chi connectivity index (χ0v) is 15.6. The number of carbonyl (C=O) groups excluding carboxylic acids is 2. The van der Waals surface area contributed by atoms with E-state index in [0.717, 1.165) is 22.1 Å². The fourth-order valence-electron chi connectivity index (χ4n) is 3.64. The summed E-state index contributed by atoms with van der Waals surface area (Å²) in [5.74, 6) is -0.0563. The summed E-state index contributed by atoms with van der Waals surface area (Å²) in [4.78, 5) is 26.9. The largest absolute Gasteiger partial charge is 0.325 e. The maximum absolute atomic E-state index is 12.7. The molecule has 0 aliphatic carbocycles. The van der Waals surface area contributed by atoms with Crippen molar-refractivity contribution >= 4 is 34.1 Å². The van der Waals surface area contributed by atoms with E-state index in [1.165, 1.54) is 0 Å².